The van der Waals surface area contributed by atoms with Crippen LogP contribution in [0, 0.1) is 11.8 Å². The molecule has 11 heteroatoms. The van der Waals surface area contributed by atoms with Crippen molar-refractivity contribution >= 4 is 39.0 Å². The van der Waals surface area contributed by atoms with Crippen LogP contribution >= 0.6 is 0 Å². The van der Waals surface area contributed by atoms with E-state index in [1.165, 1.54) is 12.8 Å². The summed E-state index contributed by atoms with van der Waals surface area (Å²) in [5.74, 6) is 2.39. The molecule has 0 radical (unpaired) electrons. The predicted octanol–water partition coefficient (Wildman–Crippen LogP) is 4.41. The van der Waals surface area contributed by atoms with Gasteiger partial charge < -0.3 is 34.5 Å². The Kier molecular flexibility index (Phi) is 5.62. The number of aryl methyl sites for hydroxylation is 1. The average Bonchev–Trinajstić information content (AvgIpc) is 3.26. The third-order valence-corrected chi connectivity index (χ3v) is 10.2. The van der Waals surface area contributed by atoms with Crippen molar-refractivity contribution in [3.63, 3.8) is 0 Å². The Bertz CT molecular complexity index is 2240. The van der Waals surface area contributed by atoms with Gasteiger partial charge in [-0.1, -0.05) is 6.07 Å². The number of fused-ring (bicyclic) bond motifs is 5. The standard InChI is InChI=1S/C34H34N8O3/c1-40-30-25(12-21(14-28(30)45-2)33(43)42-16-20-7-10-26(42)29(20)35)37-32(40)27-13-19-6-8-22(36-31(19)41(27)15-17-3-4-17)18-5-9-23-24(11-18)39-34(44)38-23/h5-6,8-9,11-14,17,20,26,29H,3-4,7,10,15-16,35H2,1-2H3,(H2,38,39,44)/t20-,26-,29-/m1/s1. The third-order valence-electron chi connectivity index (χ3n) is 10.2. The first-order valence-corrected chi connectivity index (χ1v) is 15.7. The fourth-order valence-corrected chi connectivity index (χ4v) is 7.68. The molecule has 2 saturated carbocycles. The van der Waals surface area contributed by atoms with Crippen molar-refractivity contribution in [2.24, 2.45) is 24.6 Å². The molecule has 0 unspecified atom stereocenters. The minimum Gasteiger partial charge on any atom is -0.494 e. The van der Waals surface area contributed by atoms with Gasteiger partial charge >= 0.3 is 5.69 Å². The van der Waals surface area contributed by atoms with Crippen LogP contribution in [-0.4, -0.2) is 65.6 Å². The van der Waals surface area contributed by atoms with Gasteiger partial charge in [-0.2, -0.15) is 0 Å². The molecule has 1 amide bonds. The Hall–Kier alpha value is -4.90. The number of aromatic nitrogens is 6. The number of hydrogen-bond donors (Lipinski definition) is 3. The second-order valence-corrected chi connectivity index (χ2v) is 13.0. The minimum absolute atomic E-state index is 0.00784. The van der Waals surface area contributed by atoms with E-state index < -0.39 is 0 Å². The lowest BCUT2D eigenvalue weighted by atomic mass is 10.1. The number of carbonyl (C=O) groups excluding carboxylic acids is 1. The monoisotopic (exact) mass is 602 g/mol. The molecule has 5 heterocycles. The number of ether oxygens (including phenoxy) is 1. The van der Waals surface area contributed by atoms with E-state index in [1.807, 2.05) is 48.3 Å². The minimum atomic E-state index is -0.226. The van der Waals surface area contributed by atoms with Crippen LogP contribution in [0.2, 0.25) is 0 Å². The molecule has 1 aliphatic heterocycles. The van der Waals surface area contributed by atoms with Crippen molar-refractivity contribution in [3.05, 3.63) is 64.6 Å². The van der Waals surface area contributed by atoms with Crippen LogP contribution in [0.5, 0.6) is 5.75 Å². The van der Waals surface area contributed by atoms with Crippen molar-refractivity contribution in [3.8, 4) is 28.5 Å². The maximum Gasteiger partial charge on any atom is 0.323 e. The van der Waals surface area contributed by atoms with E-state index >= 15 is 0 Å². The molecule has 228 valence electrons. The fourth-order valence-electron chi connectivity index (χ4n) is 7.68. The van der Waals surface area contributed by atoms with Crippen LogP contribution < -0.4 is 16.2 Å². The maximum atomic E-state index is 13.7. The van der Waals surface area contributed by atoms with Gasteiger partial charge in [-0.05, 0) is 80.0 Å². The van der Waals surface area contributed by atoms with Crippen molar-refractivity contribution < 1.29 is 9.53 Å². The lowest BCUT2D eigenvalue weighted by molar-refractivity contribution is 0.0700. The fraction of sp³-hybridized carbons (Fsp3) is 0.353. The second-order valence-electron chi connectivity index (χ2n) is 13.0. The number of H-pyrrole nitrogens is 2. The molecule has 0 spiro atoms. The van der Waals surface area contributed by atoms with E-state index in [0.717, 1.165) is 75.3 Å². The van der Waals surface area contributed by atoms with Gasteiger partial charge in [0, 0.05) is 48.7 Å². The number of pyridine rings is 1. The Balaban J connectivity index is 1.16. The van der Waals surface area contributed by atoms with Gasteiger partial charge in [0.2, 0.25) is 0 Å². The Morgan fingerprint density at radius 2 is 1.87 bits per heavy atom. The third kappa shape index (κ3) is 4.06. The summed E-state index contributed by atoms with van der Waals surface area (Å²) in [5, 5.41) is 1.03. The van der Waals surface area contributed by atoms with E-state index in [-0.39, 0.29) is 23.7 Å². The maximum absolute atomic E-state index is 13.7. The number of nitrogens with one attached hydrogen (secondary N) is 2. The van der Waals surface area contributed by atoms with E-state index in [9.17, 15) is 9.59 Å². The number of imidazole rings is 2. The van der Waals surface area contributed by atoms with Crippen molar-refractivity contribution in [2.75, 3.05) is 13.7 Å². The SMILES string of the molecule is COc1cc(C(=O)N2C[C@H]3CC[C@@H]2[C@@H]3N)cc2nc(-c3cc4ccc(-c5ccc6[nH]c(=O)[nH]c6c5)nc4n3CC3CC3)n(C)c12. The van der Waals surface area contributed by atoms with Gasteiger partial charge in [-0.15, -0.1) is 0 Å². The van der Waals surface area contributed by atoms with Crippen LogP contribution in [0.4, 0.5) is 0 Å². The van der Waals surface area contributed by atoms with Crippen LogP contribution in [0.1, 0.15) is 36.0 Å². The molecular formula is C34H34N8O3. The molecule has 4 aromatic heterocycles. The summed E-state index contributed by atoms with van der Waals surface area (Å²) < 4.78 is 10.2. The molecule has 2 aromatic carbocycles. The van der Waals surface area contributed by atoms with Crippen LogP contribution in [0.25, 0.3) is 55.9 Å². The number of nitrogens with two attached hydrogens (primary N) is 1. The Labute approximate surface area is 258 Å². The highest BCUT2D eigenvalue weighted by atomic mass is 16.5. The average molecular weight is 603 g/mol. The van der Waals surface area contributed by atoms with E-state index in [1.54, 1.807) is 7.11 Å². The normalized spacial score (nSPS) is 21.1. The van der Waals surface area contributed by atoms with Gasteiger partial charge in [0.1, 0.15) is 16.9 Å². The topological polar surface area (TPSA) is 140 Å². The molecular weight excluding hydrogens is 568 g/mol. The van der Waals surface area contributed by atoms with Gasteiger partial charge in [0.05, 0.1) is 35.0 Å². The second kappa shape index (κ2) is 9.55. The number of likely N-dealkylation sites (tertiary alicyclic amines) is 1. The van der Waals surface area contributed by atoms with Crippen molar-refractivity contribution in [1.29, 1.82) is 0 Å². The van der Waals surface area contributed by atoms with Crippen LogP contribution in [-0.2, 0) is 13.6 Å². The van der Waals surface area contributed by atoms with Crippen molar-refractivity contribution in [2.45, 2.75) is 44.3 Å². The lowest BCUT2D eigenvalue weighted by Crippen LogP contribution is -2.41. The first kappa shape index (κ1) is 26.5. The zero-order valence-electron chi connectivity index (χ0n) is 25.2. The van der Waals surface area contributed by atoms with Crippen molar-refractivity contribution in [1.82, 2.24) is 34.0 Å². The van der Waals surface area contributed by atoms with Gasteiger partial charge in [0.25, 0.3) is 5.91 Å². The number of methoxy groups -OCH3 is 1. The molecule has 11 nitrogen and oxygen atoms in total. The largest absolute Gasteiger partial charge is 0.494 e. The quantitative estimate of drug-likeness (QED) is 0.258. The molecule has 4 N–H and O–H groups in total. The molecule has 9 rings (SSSR count). The molecule has 3 fully saturated rings. The summed E-state index contributed by atoms with van der Waals surface area (Å²) in [6.07, 6.45) is 4.45. The zero-order valence-corrected chi connectivity index (χ0v) is 25.2. The summed E-state index contributed by atoms with van der Waals surface area (Å²) in [5.41, 5.74) is 13.5. The number of rotatable bonds is 6. The number of benzene rings is 2. The highest BCUT2D eigenvalue weighted by molar-refractivity contribution is 6.00. The summed E-state index contributed by atoms with van der Waals surface area (Å²) in [6, 6.07) is 16.0. The number of piperidine rings is 1. The van der Waals surface area contributed by atoms with E-state index in [0.29, 0.717) is 29.7 Å². The number of aromatic amines is 2. The highest BCUT2D eigenvalue weighted by Crippen LogP contribution is 2.40. The predicted molar refractivity (Wildman–Crippen MR) is 172 cm³/mol. The summed E-state index contributed by atoms with van der Waals surface area (Å²) >= 11 is 0. The smallest absolute Gasteiger partial charge is 0.323 e. The van der Waals surface area contributed by atoms with Gasteiger partial charge in [-0.3, -0.25) is 4.79 Å². The lowest BCUT2D eigenvalue weighted by Gasteiger charge is -2.27. The molecule has 6 aromatic rings. The number of nitrogens with zero attached hydrogens (tertiary/aromatic N) is 5. The van der Waals surface area contributed by atoms with Gasteiger partial charge in [0.15, 0.2) is 5.82 Å². The van der Waals surface area contributed by atoms with E-state index in [2.05, 4.69) is 31.2 Å². The molecule has 45 heavy (non-hydrogen) atoms. The van der Waals surface area contributed by atoms with E-state index in [4.69, 9.17) is 20.4 Å². The van der Waals surface area contributed by atoms with Gasteiger partial charge in [-0.25, -0.2) is 14.8 Å². The first-order valence-electron chi connectivity index (χ1n) is 15.7. The first-order chi connectivity index (χ1) is 21.9. The van der Waals surface area contributed by atoms with Crippen LogP contribution in [0.15, 0.2) is 53.3 Å². The van der Waals surface area contributed by atoms with Crippen LogP contribution in [0.3, 0.4) is 0 Å². The molecule has 3 aliphatic rings. The summed E-state index contributed by atoms with van der Waals surface area (Å²) in [4.78, 5) is 43.4. The number of carbonyl (C=O) groups is 1. The molecule has 3 atom stereocenters. The molecule has 2 bridgehead atoms. The Morgan fingerprint density at radius 3 is 2.62 bits per heavy atom. The Morgan fingerprint density at radius 1 is 1.02 bits per heavy atom. The summed E-state index contributed by atoms with van der Waals surface area (Å²) in [6.45, 7) is 1.56. The molecule has 1 saturated heterocycles. The number of hydrogen-bond acceptors (Lipinski definition) is 6. The number of amides is 1. The highest BCUT2D eigenvalue weighted by Gasteiger charge is 2.47. The zero-order chi connectivity index (χ0) is 30.6. The molecule has 2 aliphatic carbocycles. The summed E-state index contributed by atoms with van der Waals surface area (Å²) in [7, 11) is 3.64.